The van der Waals surface area contributed by atoms with Crippen molar-refractivity contribution in [3.8, 4) is 0 Å². The molecule has 0 fully saturated rings. The Morgan fingerprint density at radius 1 is 1.50 bits per heavy atom. The molecule has 0 radical (unpaired) electrons. The second-order valence-electron chi connectivity index (χ2n) is 2.55. The van der Waals surface area contributed by atoms with E-state index in [1.165, 1.54) is 0 Å². The largest absolute Gasteiger partial charge is 0.366 e. The third-order valence-corrected chi connectivity index (χ3v) is 1.60. The van der Waals surface area contributed by atoms with Crippen LogP contribution in [0.4, 0.5) is 0 Å². The number of carbonyl (C=O) groups is 1. The summed E-state index contributed by atoms with van der Waals surface area (Å²) in [5.74, 6) is -0.409. The molecule has 0 saturated carbocycles. The van der Waals surface area contributed by atoms with Crippen molar-refractivity contribution in [2.45, 2.75) is 13.8 Å². The van der Waals surface area contributed by atoms with E-state index in [0.717, 1.165) is 5.56 Å². The molecule has 0 bridgehead atoms. The molecule has 3 nitrogen and oxygen atoms in total. The highest BCUT2D eigenvalue weighted by Gasteiger charge is 2.07. The number of alkyl halides is 2. The lowest BCUT2D eigenvalue weighted by molar-refractivity contribution is 0.0998. The number of rotatable bonds is 1. The molecule has 1 aromatic heterocycles. The third-order valence-electron chi connectivity index (χ3n) is 1.60. The molecule has 0 aliphatic carbocycles. The minimum atomic E-state index is -0.409. The Bertz CT molecular complexity index is 295. The summed E-state index contributed by atoms with van der Waals surface area (Å²) in [4.78, 5) is 14.8. The van der Waals surface area contributed by atoms with Crippen molar-refractivity contribution in [2.75, 3.05) is 5.34 Å². The number of nitrogens with zero attached hydrogens (tertiary/aromatic N) is 1. The van der Waals surface area contributed by atoms with Crippen LogP contribution in [0, 0.1) is 13.8 Å². The average Bonchev–Trinajstić information content (AvgIpc) is 2.04. The molecule has 0 atom stereocenters. The highest BCUT2D eigenvalue weighted by molar-refractivity contribution is 6.40. The summed E-state index contributed by atoms with van der Waals surface area (Å²) < 4.78 is 0. The number of aromatic nitrogens is 1. The number of nitrogens with two attached hydrogens (primary N) is 1. The monoisotopic (exact) mass is 234 g/mol. The zero-order chi connectivity index (χ0) is 11.1. The number of carbonyl (C=O) groups excluding carboxylic acids is 1. The van der Waals surface area contributed by atoms with Crippen molar-refractivity contribution in [3.05, 3.63) is 29.1 Å². The van der Waals surface area contributed by atoms with Crippen LogP contribution >= 0.6 is 23.2 Å². The topological polar surface area (TPSA) is 56.0 Å². The minimum absolute atomic E-state index is 0.194. The molecule has 14 heavy (non-hydrogen) atoms. The lowest BCUT2D eigenvalue weighted by Crippen LogP contribution is -2.15. The lowest BCUT2D eigenvalue weighted by atomic mass is 10.1. The Hall–Kier alpha value is -0.800. The number of hydrogen-bond donors (Lipinski definition) is 1. The quantitative estimate of drug-likeness (QED) is 0.758. The molecule has 1 heterocycles. The van der Waals surface area contributed by atoms with Crippen LogP contribution in [0.5, 0.6) is 0 Å². The van der Waals surface area contributed by atoms with Gasteiger partial charge in [0.25, 0.3) is 5.91 Å². The molecule has 0 aromatic carbocycles. The summed E-state index contributed by atoms with van der Waals surface area (Å²) >= 11 is 9.53. The Morgan fingerprint density at radius 3 is 2.29 bits per heavy atom. The molecule has 0 spiro atoms. The smallest absolute Gasteiger partial charge is 0.250 e. The Kier molecular flexibility index (Phi) is 6.25. The fourth-order valence-electron chi connectivity index (χ4n) is 1.07. The van der Waals surface area contributed by atoms with Crippen LogP contribution in [0.3, 0.4) is 0 Å². The second kappa shape index (κ2) is 6.62. The summed E-state index contributed by atoms with van der Waals surface area (Å²) in [5.41, 5.74) is 7.24. The molecule has 1 aromatic rings. The van der Waals surface area contributed by atoms with Crippen molar-refractivity contribution in [2.24, 2.45) is 5.73 Å². The van der Waals surface area contributed by atoms with Gasteiger partial charge in [0.1, 0.15) is 0 Å². The summed E-state index contributed by atoms with van der Waals surface area (Å²) in [6.45, 7) is 3.61. The van der Waals surface area contributed by atoms with Gasteiger partial charge < -0.3 is 5.73 Å². The van der Waals surface area contributed by atoms with Gasteiger partial charge in [0, 0.05) is 6.20 Å². The van der Waals surface area contributed by atoms with Gasteiger partial charge in [0.2, 0.25) is 0 Å². The maximum atomic E-state index is 10.8. The van der Waals surface area contributed by atoms with E-state index in [1.54, 1.807) is 19.2 Å². The number of hydrogen-bond acceptors (Lipinski definition) is 2. The Labute approximate surface area is 93.2 Å². The highest BCUT2D eigenvalue weighted by Crippen LogP contribution is 2.08. The number of amides is 1. The standard InChI is InChI=1S/C8H10N2O.CH2Cl2/c1-5-3-4-10-6(2)7(5)8(9)11;2-1-3/h3-4H,1-2H3,(H2,9,11);1H2. The van der Waals surface area contributed by atoms with E-state index in [1.807, 2.05) is 6.92 Å². The average molecular weight is 235 g/mol. The molecule has 0 unspecified atom stereocenters. The molecule has 0 aliphatic rings. The van der Waals surface area contributed by atoms with Crippen LogP contribution in [0.1, 0.15) is 21.6 Å². The van der Waals surface area contributed by atoms with Crippen molar-refractivity contribution < 1.29 is 4.79 Å². The van der Waals surface area contributed by atoms with E-state index in [0.29, 0.717) is 11.3 Å². The third kappa shape index (κ3) is 3.94. The molecule has 0 saturated heterocycles. The molecule has 78 valence electrons. The van der Waals surface area contributed by atoms with Gasteiger partial charge in [-0.3, -0.25) is 9.78 Å². The maximum absolute atomic E-state index is 10.8. The van der Waals surface area contributed by atoms with E-state index in [2.05, 4.69) is 4.98 Å². The highest BCUT2D eigenvalue weighted by atomic mass is 35.5. The van der Waals surface area contributed by atoms with Gasteiger partial charge in [-0.05, 0) is 25.5 Å². The number of pyridine rings is 1. The van der Waals surface area contributed by atoms with Crippen molar-refractivity contribution in [1.29, 1.82) is 0 Å². The number of aryl methyl sites for hydroxylation is 2. The van der Waals surface area contributed by atoms with Gasteiger partial charge in [-0.1, -0.05) is 0 Å². The first-order valence-corrected chi connectivity index (χ1v) is 4.95. The van der Waals surface area contributed by atoms with E-state index in [-0.39, 0.29) is 5.34 Å². The van der Waals surface area contributed by atoms with E-state index in [9.17, 15) is 4.79 Å². The Morgan fingerprint density at radius 2 is 2.00 bits per heavy atom. The molecular weight excluding hydrogens is 223 g/mol. The van der Waals surface area contributed by atoms with E-state index >= 15 is 0 Å². The first-order chi connectivity index (χ1) is 6.54. The van der Waals surface area contributed by atoms with Crippen LogP contribution in [0.25, 0.3) is 0 Å². The first kappa shape index (κ1) is 13.2. The van der Waals surface area contributed by atoms with Gasteiger partial charge in [-0.25, -0.2) is 0 Å². The fourth-order valence-corrected chi connectivity index (χ4v) is 1.07. The maximum Gasteiger partial charge on any atom is 0.250 e. The van der Waals surface area contributed by atoms with Gasteiger partial charge in [0.15, 0.2) is 0 Å². The lowest BCUT2D eigenvalue weighted by Gasteiger charge is -2.02. The summed E-state index contributed by atoms with van der Waals surface area (Å²) in [6, 6.07) is 1.77. The van der Waals surface area contributed by atoms with Crippen LogP contribution in [-0.4, -0.2) is 16.2 Å². The SMILES string of the molecule is Cc1ccnc(C)c1C(N)=O.ClCCl. The minimum Gasteiger partial charge on any atom is -0.366 e. The second-order valence-corrected chi connectivity index (χ2v) is 3.36. The van der Waals surface area contributed by atoms with Crippen molar-refractivity contribution in [3.63, 3.8) is 0 Å². The van der Waals surface area contributed by atoms with Crippen LogP contribution in [0.2, 0.25) is 0 Å². The fraction of sp³-hybridized carbons (Fsp3) is 0.333. The van der Waals surface area contributed by atoms with E-state index < -0.39 is 5.91 Å². The van der Waals surface area contributed by atoms with Crippen LogP contribution in [-0.2, 0) is 0 Å². The zero-order valence-corrected chi connectivity index (χ0v) is 9.56. The predicted molar refractivity (Wildman–Crippen MR) is 58.8 cm³/mol. The number of halogens is 2. The number of primary amides is 1. The van der Waals surface area contributed by atoms with Gasteiger partial charge >= 0.3 is 0 Å². The molecule has 5 heteroatoms. The molecule has 1 amide bonds. The van der Waals surface area contributed by atoms with Crippen LogP contribution < -0.4 is 5.73 Å². The zero-order valence-electron chi connectivity index (χ0n) is 8.05. The molecule has 2 N–H and O–H groups in total. The molecule has 1 rings (SSSR count). The predicted octanol–water partition coefficient (Wildman–Crippen LogP) is 2.22. The van der Waals surface area contributed by atoms with Crippen molar-refractivity contribution >= 4 is 29.1 Å². The molecular formula is C9H12Cl2N2O. The van der Waals surface area contributed by atoms with Gasteiger partial charge in [-0.15, -0.1) is 23.2 Å². The van der Waals surface area contributed by atoms with Gasteiger partial charge in [0.05, 0.1) is 16.6 Å². The van der Waals surface area contributed by atoms with E-state index in [4.69, 9.17) is 28.9 Å². The van der Waals surface area contributed by atoms with Crippen molar-refractivity contribution in [1.82, 2.24) is 4.98 Å². The molecule has 0 aliphatic heterocycles. The summed E-state index contributed by atoms with van der Waals surface area (Å²) in [6.07, 6.45) is 1.66. The first-order valence-electron chi connectivity index (χ1n) is 3.88. The van der Waals surface area contributed by atoms with Gasteiger partial charge in [-0.2, -0.15) is 0 Å². The summed E-state index contributed by atoms with van der Waals surface area (Å²) in [7, 11) is 0. The van der Waals surface area contributed by atoms with Crippen LogP contribution in [0.15, 0.2) is 12.3 Å². The summed E-state index contributed by atoms with van der Waals surface area (Å²) in [5, 5.41) is 0.194. The Balaban J connectivity index is 0.000000500. The normalized spacial score (nSPS) is 8.86.